The molecule has 5 nitrogen and oxygen atoms in total. The van der Waals surface area contributed by atoms with Gasteiger partial charge in [0, 0.05) is 11.8 Å². The first kappa shape index (κ1) is 18.7. The van der Waals surface area contributed by atoms with Crippen LogP contribution >= 0.6 is 11.6 Å². The van der Waals surface area contributed by atoms with Gasteiger partial charge >= 0.3 is 0 Å². The number of carbonyl (C=O) groups excluding carboxylic acids is 1. The summed E-state index contributed by atoms with van der Waals surface area (Å²) in [6, 6.07) is 14.1. The Labute approximate surface area is 169 Å². The van der Waals surface area contributed by atoms with Crippen molar-refractivity contribution in [2.45, 2.75) is 0 Å². The van der Waals surface area contributed by atoms with Crippen molar-refractivity contribution in [3.8, 4) is 5.69 Å². The average molecular weight is 406 g/mol. The van der Waals surface area contributed by atoms with Crippen molar-refractivity contribution in [2.75, 3.05) is 0 Å². The monoisotopic (exact) mass is 405 g/mol. The smallest absolute Gasteiger partial charge is 0.266 e. The summed E-state index contributed by atoms with van der Waals surface area (Å²) in [6.45, 7) is 0. The lowest BCUT2D eigenvalue weighted by Crippen LogP contribution is -2.23. The molecule has 0 fully saturated rings. The molecule has 0 radical (unpaired) electrons. The van der Waals surface area contributed by atoms with Crippen LogP contribution in [0.2, 0.25) is 5.15 Å². The highest BCUT2D eigenvalue weighted by atomic mass is 35.5. The number of aldehydes is 1. The minimum absolute atomic E-state index is 0.116. The number of carbonyl (C=O) groups is 1. The highest BCUT2D eigenvalue weighted by molar-refractivity contribution is 6.31. The Morgan fingerprint density at radius 1 is 1.00 bits per heavy atom. The zero-order valence-corrected chi connectivity index (χ0v) is 15.7. The SMILES string of the molecule is O=Cc1cccc(C=Cc2nc3ccc(F)cc3c(=O)n2-c2cccnc2Cl)c1. The van der Waals surface area contributed by atoms with Crippen LogP contribution in [0.15, 0.2) is 65.6 Å². The molecule has 7 heteroatoms. The van der Waals surface area contributed by atoms with Gasteiger partial charge in [0.2, 0.25) is 0 Å². The highest BCUT2D eigenvalue weighted by Gasteiger charge is 2.14. The van der Waals surface area contributed by atoms with Gasteiger partial charge in [0.15, 0.2) is 5.15 Å². The lowest BCUT2D eigenvalue weighted by atomic mass is 10.1. The van der Waals surface area contributed by atoms with E-state index in [1.807, 2.05) is 6.07 Å². The third-order valence-corrected chi connectivity index (χ3v) is 4.60. The molecule has 0 bridgehead atoms. The van der Waals surface area contributed by atoms with Crippen LogP contribution in [0.4, 0.5) is 4.39 Å². The largest absolute Gasteiger partial charge is 0.298 e. The van der Waals surface area contributed by atoms with Crippen LogP contribution in [0.25, 0.3) is 28.7 Å². The van der Waals surface area contributed by atoms with Gasteiger partial charge in [-0.1, -0.05) is 35.9 Å². The molecule has 0 atom stereocenters. The Morgan fingerprint density at radius 2 is 1.83 bits per heavy atom. The van der Waals surface area contributed by atoms with E-state index in [0.29, 0.717) is 22.6 Å². The molecule has 4 aromatic rings. The molecule has 0 N–H and O–H groups in total. The summed E-state index contributed by atoms with van der Waals surface area (Å²) in [5, 5.41) is 0.245. The van der Waals surface area contributed by atoms with Gasteiger partial charge < -0.3 is 0 Å². The fourth-order valence-electron chi connectivity index (χ4n) is 2.97. The van der Waals surface area contributed by atoms with Crippen LogP contribution in [0, 0.1) is 5.82 Å². The van der Waals surface area contributed by atoms with Crippen molar-refractivity contribution in [3.63, 3.8) is 0 Å². The lowest BCUT2D eigenvalue weighted by molar-refractivity contribution is 0.112. The summed E-state index contributed by atoms with van der Waals surface area (Å²) in [6.07, 6.45) is 5.62. The number of benzene rings is 2. The maximum atomic E-state index is 13.7. The molecule has 2 aromatic carbocycles. The number of rotatable bonds is 4. The number of nitrogens with zero attached hydrogens (tertiary/aromatic N) is 3. The van der Waals surface area contributed by atoms with Gasteiger partial charge in [-0.3, -0.25) is 14.2 Å². The minimum Gasteiger partial charge on any atom is -0.298 e. The Kier molecular flexibility index (Phi) is 5.01. The van der Waals surface area contributed by atoms with Crippen molar-refractivity contribution in [1.82, 2.24) is 14.5 Å². The molecule has 0 spiro atoms. The van der Waals surface area contributed by atoms with Crippen LogP contribution in [-0.4, -0.2) is 20.8 Å². The van der Waals surface area contributed by atoms with Crippen molar-refractivity contribution >= 4 is 40.9 Å². The second-order valence-corrected chi connectivity index (χ2v) is 6.56. The molecule has 0 aliphatic heterocycles. The molecule has 29 heavy (non-hydrogen) atoms. The maximum Gasteiger partial charge on any atom is 0.266 e. The molecule has 2 heterocycles. The third-order valence-electron chi connectivity index (χ3n) is 4.31. The summed E-state index contributed by atoms with van der Waals surface area (Å²) in [5.74, 6) is -0.241. The molecule has 4 rings (SSSR count). The fourth-order valence-corrected chi connectivity index (χ4v) is 3.17. The molecule has 2 aromatic heterocycles. The van der Waals surface area contributed by atoms with E-state index in [9.17, 15) is 14.0 Å². The van der Waals surface area contributed by atoms with Crippen molar-refractivity contribution in [3.05, 3.63) is 99.1 Å². The first-order chi connectivity index (χ1) is 14.1. The first-order valence-electron chi connectivity index (χ1n) is 8.63. The topological polar surface area (TPSA) is 64.8 Å². The molecule has 0 unspecified atom stereocenters. The van der Waals surface area contributed by atoms with Gasteiger partial charge in [-0.2, -0.15) is 0 Å². The highest BCUT2D eigenvalue weighted by Crippen LogP contribution is 2.20. The van der Waals surface area contributed by atoms with Crippen LogP contribution in [0.1, 0.15) is 21.7 Å². The molecule has 0 aliphatic rings. The van der Waals surface area contributed by atoms with Crippen molar-refractivity contribution < 1.29 is 9.18 Å². The van der Waals surface area contributed by atoms with Gasteiger partial charge in [-0.05, 0) is 48.0 Å². The molecule has 0 aliphatic carbocycles. The van der Waals surface area contributed by atoms with E-state index >= 15 is 0 Å². The molecule has 0 saturated carbocycles. The number of fused-ring (bicyclic) bond motifs is 1. The fraction of sp³-hybridized carbons (Fsp3) is 0. The number of hydrogen-bond donors (Lipinski definition) is 0. The predicted octanol–water partition coefficient (Wildman–Crippen LogP) is 4.56. The van der Waals surface area contributed by atoms with Gasteiger partial charge in [0.1, 0.15) is 17.9 Å². The van der Waals surface area contributed by atoms with E-state index in [1.165, 1.54) is 22.9 Å². The van der Waals surface area contributed by atoms with Crippen LogP contribution in [0.5, 0.6) is 0 Å². The Hall–Kier alpha value is -3.64. The van der Waals surface area contributed by atoms with Crippen LogP contribution < -0.4 is 5.56 Å². The van der Waals surface area contributed by atoms with Crippen molar-refractivity contribution in [1.29, 1.82) is 0 Å². The zero-order valence-electron chi connectivity index (χ0n) is 14.9. The van der Waals surface area contributed by atoms with Gasteiger partial charge in [-0.15, -0.1) is 0 Å². The maximum absolute atomic E-state index is 13.7. The number of halogens is 2. The summed E-state index contributed by atoms with van der Waals surface area (Å²) in [7, 11) is 0. The summed E-state index contributed by atoms with van der Waals surface area (Å²) in [4.78, 5) is 32.7. The van der Waals surface area contributed by atoms with Crippen LogP contribution in [-0.2, 0) is 0 Å². The molecule has 142 valence electrons. The summed E-state index contributed by atoms with van der Waals surface area (Å²) in [5.41, 5.74) is 1.51. The predicted molar refractivity (Wildman–Crippen MR) is 111 cm³/mol. The standard InChI is InChI=1S/C22H13ClFN3O2/c23-21-19(5-2-10-25-21)27-20(9-6-14-3-1-4-15(11-14)13-28)26-18-8-7-16(24)12-17(18)22(27)29/h1-13H. The van der Waals surface area contributed by atoms with E-state index in [2.05, 4.69) is 9.97 Å². The second-order valence-electron chi connectivity index (χ2n) is 6.21. The lowest BCUT2D eigenvalue weighted by Gasteiger charge is -2.12. The molecular weight excluding hydrogens is 393 g/mol. The summed E-state index contributed by atoms with van der Waals surface area (Å²) < 4.78 is 15.0. The number of aromatic nitrogens is 3. The van der Waals surface area contributed by atoms with E-state index < -0.39 is 11.4 Å². The number of pyridine rings is 1. The number of hydrogen-bond acceptors (Lipinski definition) is 4. The average Bonchev–Trinajstić information content (AvgIpc) is 2.74. The van der Waals surface area contributed by atoms with E-state index in [4.69, 9.17) is 11.6 Å². The Balaban J connectivity index is 1.96. The van der Waals surface area contributed by atoms with E-state index in [-0.39, 0.29) is 10.5 Å². The van der Waals surface area contributed by atoms with Crippen molar-refractivity contribution in [2.24, 2.45) is 0 Å². The van der Waals surface area contributed by atoms with E-state index in [1.54, 1.807) is 42.5 Å². The quantitative estimate of drug-likeness (QED) is 0.369. The van der Waals surface area contributed by atoms with Gasteiger partial charge in [0.25, 0.3) is 5.56 Å². The Bertz CT molecular complexity index is 1330. The Morgan fingerprint density at radius 3 is 2.62 bits per heavy atom. The second kappa shape index (κ2) is 7.77. The first-order valence-corrected chi connectivity index (χ1v) is 9.01. The normalized spacial score (nSPS) is 11.2. The zero-order chi connectivity index (χ0) is 20.4. The molecule has 0 amide bonds. The molecular formula is C22H13ClFN3O2. The van der Waals surface area contributed by atoms with Crippen LogP contribution in [0.3, 0.4) is 0 Å². The minimum atomic E-state index is -0.533. The van der Waals surface area contributed by atoms with Gasteiger partial charge in [0.05, 0.1) is 16.6 Å². The van der Waals surface area contributed by atoms with Gasteiger partial charge in [-0.25, -0.2) is 14.4 Å². The summed E-state index contributed by atoms with van der Waals surface area (Å²) >= 11 is 6.21. The van der Waals surface area contributed by atoms with E-state index in [0.717, 1.165) is 17.9 Å². The molecule has 0 saturated heterocycles. The third kappa shape index (κ3) is 3.70.